The van der Waals surface area contributed by atoms with Crippen molar-refractivity contribution < 1.29 is 47.5 Å². The molecule has 0 aliphatic carbocycles. The van der Waals surface area contributed by atoms with Crippen molar-refractivity contribution >= 4 is 25.7 Å². The second-order valence-corrected chi connectivity index (χ2v) is 15.2. The van der Waals surface area contributed by atoms with E-state index in [4.69, 9.17) is 24.8 Å². The molecule has 0 heterocycles. The zero-order valence-corrected chi connectivity index (χ0v) is 37.1. The van der Waals surface area contributed by atoms with E-state index < -0.39 is 57.7 Å². The number of phosphoric acid groups is 1. The number of carboxylic acids is 1. The predicted molar refractivity (Wildman–Crippen MR) is 244 cm³/mol. The van der Waals surface area contributed by atoms with Crippen LogP contribution < -0.4 is 5.73 Å². The van der Waals surface area contributed by atoms with E-state index in [0.717, 1.165) is 83.5 Å². The fourth-order valence-electron chi connectivity index (χ4n) is 4.90. The summed E-state index contributed by atoms with van der Waals surface area (Å²) in [5, 5.41) is 8.89. The van der Waals surface area contributed by atoms with Crippen molar-refractivity contribution in [1.29, 1.82) is 0 Å². The molecule has 0 aliphatic heterocycles. The van der Waals surface area contributed by atoms with Crippen LogP contribution in [0.5, 0.6) is 0 Å². The molecule has 3 unspecified atom stereocenters. The van der Waals surface area contributed by atoms with Crippen molar-refractivity contribution in [2.75, 3.05) is 19.8 Å². The van der Waals surface area contributed by atoms with Gasteiger partial charge in [0, 0.05) is 12.8 Å². The fourth-order valence-corrected chi connectivity index (χ4v) is 5.68. The third kappa shape index (κ3) is 40.7. The van der Waals surface area contributed by atoms with Crippen LogP contribution in [-0.2, 0) is 37.5 Å². The van der Waals surface area contributed by atoms with Crippen LogP contribution in [0.25, 0.3) is 0 Å². The summed E-state index contributed by atoms with van der Waals surface area (Å²) in [4.78, 5) is 45.9. The van der Waals surface area contributed by atoms with Crippen molar-refractivity contribution in [3.63, 3.8) is 0 Å². The Kier molecular flexibility index (Phi) is 38.8. The van der Waals surface area contributed by atoms with E-state index in [1.54, 1.807) is 0 Å². The van der Waals surface area contributed by atoms with Gasteiger partial charge in [-0.1, -0.05) is 148 Å². The SMILES string of the molecule is CC/C=C\C/C=C\C/C=C\C/C=C\C/C=C\C/C=C\CCC(=O)OC(COC(=O)CCCCCC/C=C\C/C=C\C/C=C\C/C=C\CC)COP(=O)(O)OCC(N)C(=O)O. The van der Waals surface area contributed by atoms with Gasteiger partial charge in [-0.25, -0.2) is 4.57 Å². The number of carbonyl (C=O) groups is 3. The average Bonchev–Trinajstić information content (AvgIpc) is 3.22. The molecule has 0 rings (SSSR count). The minimum atomic E-state index is -4.75. The number of phosphoric ester groups is 1. The van der Waals surface area contributed by atoms with Crippen LogP contribution in [0.1, 0.15) is 129 Å². The fraction of sp³-hybridized carbons (Fsp3) is 0.521. The Morgan fingerprint density at radius 1 is 0.517 bits per heavy atom. The minimum absolute atomic E-state index is 0.0221. The minimum Gasteiger partial charge on any atom is -0.480 e. The first-order chi connectivity index (χ1) is 29.1. The maximum atomic E-state index is 12.6. The Bertz CT molecular complexity index is 1470. The monoisotopic (exact) mass is 856 g/mol. The van der Waals surface area contributed by atoms with Gasteiger partial charge in [-0.05, 0) is 89.9 Å². The first kappa shape index (κ1) is 55.9. The average molecular weight is 856 g/mol. The van der Waals surface area contributed by atoms with E-state index >= 15 is 0 Å². The van der Waals surface area contributed by atoms with Gasteiger partial charge in [0.05, 0.1) is 13.2 Å². The molecule has 0 spiro atoms. The molecule has 0 aliphatic rings. The smallest absolute Gasteiger partial charge is 0.472 e. The zero-order valence-electron chi connectivity index (χ0n) is 36.2. The van der Waals surface area contributed by atoms with Crippen molar-refractivity contribution in [3.05, 3.63) is 122 Å². The van der Waals surface area contributed by atoms with E-state index in [9.17, 15) is 23.8 Å². The quantitative estimate of drug-likeness (QED) is 0.0233. The van der Waals surface area contributed by atoms with E-state index in [-0.39, 0.29) is 12.8 Å². The molecule has 0 fully saturated rings. The van der Waals surface area contributed by atoms with Gasteiger partial charge < -0.3 is 25.2 Å². The largest absolute Gasteiger partial charge is 0.480 e. The summed E-state index contributed by atoms with van der Waals surface area (Å²) >= 11 is 0. The number of esters is 2. The van der Waals surface area contributed by atoms with Gasteiger partial charge in [0.2, 0.25) is 0 Å². The number of aliphatic carboxylic acids is 1. The van der Waals surface area contributed by atoms with Gasteiger partial charge in [-0.15, -0.1) is 0 Å². The van der Waals surface area contributed by atoms with Crippen molar-refractivity contribution in [1.82, 2.24) is 0 Å². The van der Waals surface area contributed by atoms with Gasteiger partial charge in [0.25, 0.3) is 0 Å². The number of hydrogen-bond donors (Lipinski definition) is 3. The third-order valence-electron chi connectivity index (χ3n) is 8.22. The second-order valence-electron chi connectivity index (χ2n) is 13.7. The second kappa shape index (κ2) is 41.6. The Hall–Kier alpha value is -4.12. The summed E-state index contributed by atoms with van der Waals surface area (Å²) in [7, 11) is -4.75. The van der Waals surface area contributed by atoms with E-state index in [0.29, 0.717) is 19.3 Å². The van der Waals surface area contributed by atoms with Crippen LogP contribution in [0, 0.1) is 0 Å². The lowest BCUT2D eigenvalue weighted by Crippen LogP contribution is -2.34. The Morgan fingerprint density at radius 3 is 1.37 bits per heavy atom. The summed E-state index contributed by atoms with van der Waals surface area (Å²) in [5.74, 6) is -2.54. The molecular weight excluding hydrogens is 781 g/mol. The van der Waals surface area contributed by atoms with E-state index in [2.05, 4.69) is 122 Å². The van der Waals surface area contributed by atoms with Gasteiger partial charge >= 0.3 is 25.7 Å². The first-order valence-corrected chi connectivity index (χ1v) is 23.1. The molecule has 4 N–H and O–H groups in total. The maximum Gasteiger partial charge on any atom is 0.472 e. The van der Waals surface area contributed by atoms with Gasteiger partial charge in [0.1, 0.15) is 12.6 Å². The summed E-state index contributed by atoms with van der Waals surface area (Å²) in [5.41, 5.74) is 5.33. The van der Waals surface area contributed by atoms with Crippen molar-refractivity contribution in [3.8, 4) is 0 Å². The highest BCUT2D eigenvalue weighted by Crippen LogP contribution is 2.43. The van der Waals surface area contributed by atoms with Crippen molar-refractivity contribution in [2.45, 2.75) is 142 Å². The molecule has 0 saturated carbocycles. The Morgan fingerprint density at radius 2 is 0.917 bits per heavy atom. The topological polar surface area (TPSA) is 172 Å². The highest BCUT2D eigenvalue weighted by molar-refractivity contribution is 7.47. The van der Waals surface area contributed by atoms with Crippen LogP contribution in [0.4, 0.5) is 0 Å². The van der Waals surface area contributed by atoms with E-state index in [1.165, 1.54) is 0 Å². The molecule has 0 saturated heterocycles. The van der Waals surface area contributed by atoms with Gasteiger partial charge in [-0.2, -0.15) is 0 Å². The van der Waals surface area contributed by atoms with E-state index in [1.807, 2.05) is 18.2 Å². The lowest BCUT2D eigenvalue weighted by atomic mass is 10.1. The molecule has 0 aromatic carbocycles. The third-order valence-corrected chi connectivity index (χ3v) is 9.17. The number of unbranched alkanes of at least 4 members (excludes halogenated alkanes) is 4. The van der Waals surface area contributed by atoms with Gasteiger partial charge in [-0.3, -0.25) is 23.4 Å². The van der Waals surface area contributed by atoms with Crippen LogP contribution >= 0.6 is 7.82 Å². The molecule has 60 heavy (non-hydrogen) atoms. The molecule has 0 amide bonds. The maximum absolute atomic E-state index is 12.6. The lowest BCUT2D eigenvalue weighted by molar-refractivity contribution is -0.161. The first-order valence-electron chi connectivity index (χ1n) is 21.6. The zero-order chi connectivity index (χ0) is 44.2. The molecular formula is C48H74NO10P. The van der Waals surface area contributed by atoms with Crippen LogP contribution in [0.15, 0.2) is 122 Å². The summed E-state index contributed by atoms with van der Waals surface area (Å²) in [6.45, 7) is 2.44. The predicted octanol–water partition coefficient (Wildman–Crippen LogP) is 11.6. The molecule has 11 nitrogen and oxygen atoms in total. The number of carbonyl (C=O) groups excluding carboxylic acids is 2. The molecule has 12 heteroatoms. The molecule has 0 aromatic heterocycles. The molecule has 336 valence electrons. The molecule has 0 aromatic rings. The Labute approximate surface area is 360 Å². The Balaban J connectivity index is 4.57. The van der Waals surface area contributed by atoms with Crippen molar-refractivity contribution in [2.24, 2.45) is 5.73 Å². The number of nitrogens with two attached hydrogens (primary N) is 1. The number of rotatable bonds is 38. The normalized spacial score (nSPS) is 14.9. The van der Waals surface area contributed by atoms with Crippen LogP contribution in [0.3, 0.4) is 0 Å². The highest BCUT2D eigenvalue weighted by Gasteiger charge is 2.28. The lowest BCUT2D eigenvalue weighted by Gasteiger charge is -2.20. The standard InChI is InChI=1S/C48H74NO10P/c1-3-5-7-9-11-13-15-17-19-21-22-24-26-28-30-32-34-36-38-40-47(51)59-44(42-57-60(54,55)58-43-45(49)48(52)53)41-56-46(50)39-37-35-33-31-29-27-25-23-20-18-16-14-12-10-8-6-4-2/h5-8,11-14,17-20,22,24-25,27-28,30,34,36,44-45H,3-4,9-10,15-16,21,23,26,29,31-33,35,37-43,49H2,1-2H3,(H,52,53)(H,54,55)/b7-5-,8-6-,13-11-,14-12-,19-17-,20-18-,24-22-,27-25-,30-28-,36-34-. The molecule has 3 atom stereocenters. The van der Waals surface area contributed by atoms with Crippen LogP contribution in [-0.4, -0.2) is 59.9 Å². The number of ether oxygens (including phenoxy) is 2. The summed E-state index contributed by atoms with van der Waals surface area (Å²) < 4.78 is 32.6. The number of allylic oxidation sites excluding steroid dienone is 20. The molecule has 0 bridgehead atoms. The highest BCUT2D eigenvalue weighted by atomic mass is 31.2. The summed E-state index contributed by atoms with van der Waals surface area (Å²) in [6.07, 6.45) is 55.6. The number of carboxylic acid groups (broad SMARTS) is 1. The number of hydrogen-bond acceptors (Lipinski definition) is 9. The molecule has 0 radical (unpaired) electrons. The van der Waals surface area contributed by atoms with Gasteiger partial charge in [0.15, 0.2) is 6.10 Å². The summed E-state index contributed by atoms with van der Waals surface area (Å²) in [6, 6.07) is -1.54. The van der Waals surface area contributed by atoms with Crippen LogP contribution in [0.2, 0.25) is 0 Å².